The molecule has 0 amide bonds. The van der Waals surface area contributed by atoms with E-state index in [0.29, 0.717) is 5.41 Å². The molecule has 1 nitrogen and oxygen atoms in total. The molecule has 122 valence electrons. The van der Waals surface area contributed by atoms with Crippen molar-refractivity contribution in [2.24, 2.45) is 17.3 Å². The van der Waals surface area contributed by atoms with Crippen LogP contribution in [0.25, 0.3) is 0 Å². The van der Waals surface area contributed by atoms with Gasteiger partial charge in [-0.2, -0.15) is 0 Å². The minimum Gasteiger partial charge on any atom is -0.365 e. The molecule has 0 aliphatic heterocycles. The number of allylic oxidation sites excluding steroid dienone is 2. The van der Waals surface area contributed by atoms with Crippen LogP contribution in [0.4, 0.5) is 0 Å². The fraction of sp³-hybridized carbons (Fsp3) is 0.455. The van der Waals surface area contributed by atoms with Gasteiger partial charge in [-0.1, -0.05) is 55.3 Å². The molecule has 2 unspecified atom stereocenters. The van der Waals surface area contributed by atoms with E-state index in [2.05, 4.69) is 82.2 Å². The van der Waals surface area contributed by atoms with Gasteiger partial charge in [-0.3, -0.25) is 0 Å². The molecule has 1 saturated carbocycles. The monoisotopic (exact) mass is 307 g/mol. The van der Waals surface area contributed by atoms with Crippen molar-refractivity contribution < 1.29 is 0 Å². The van der Waals surface area contributed by atoms with Crippen molar-refractivity contribution in [3.05, 3.63) is 70.6 Å². The largest absolute Gasteiger partial charge is 0.365 e. The predicted octanol–water partition coefficient (Wildman–Crippen LogP) is 5.69. The van der Waals surface area contributed by atoms with Crippen molar-refractivity contribution in [3.63, 3.8) is 0 Å². The average molecular weight is 307 g/mol. The molecule has 3 rings (SSSR count). The van der Waals surface area contributed by atoms with E-state index in [1.165, 1.54) is 28.0 Å². The lowest BCUT2D eigenvalue weighted by molar-refractivity contribution is 0.545. The quantitative estimate of drug-likeness (QED) is 0.682. The van der Waals surface area contributed by atoms with Gasteiger partial charge >= 0.3 is 0 Å². The number of rotatable bonds is 5. The second kappa shape index (κ2) is 6.03. The highest BCUT2D eigenvalue weighted by atomic mass is 14.7. The lowest BCUT2D eigenvalue weighted by Gasteiger charge is -2.07. The summed E-state index contributed by atoms with van der Waals surface area (Å²) >= 11 is 0. The Morgan fingerprint density at radius 3 is 2.70 bits per heavy atom. The zero-order chi connectivity index (χ0) is 16.6. The van der Waals surface area contributed by atoms with Crippen molar-refractivity contribution in [2.45, 2.75) is 47.5 Å². The highest BCUT2D eigenvalue weighted by Crippen LogP contribution is 2.60. The first-order valence-electron chi connectivity index (χ1n) is 8.73. The second-order valence-corrected chi connectivity index (χ2v) is 8.05. The Morgan fingerprint density at radius 1 is 1.22 bits per heavy atom. The van der Waals surface area contributed by atoms with Crippen molar-refractivity contribution in [2.75, 3.05) is 0 Å². The maximum atomic E-state index is 3.50. The van der Waals surface area contributed by atoms with E-state index in [9.17, 15) is 0 Å². The van der Waals surface area contributed by atoms with Crippen LogP contribution in [0, 0.1) is 24.2 Å². The molecule has 2 aromatic rings. The second-order valence-electron chi connectivity index (χ2n) is 8.05. The number of aromatic amines is 1. The molecule has 1 N–H and O–H groups in total. The molecule has 1 aromatic carbocycles. The Balaban J connectivity index is 1.74. The van der Waals surface area contributed by atoms with Crippen molar-refractivity contribution >= 4 is 0 Å². The van der Waals surface area contributed by atoms with Crippen LogP contribution in [0.2, 0.25) is 0 Å². The van der Waals surface area contributed by atoms with Gasteiger partial charge in [0, 0.05) is 11.9 Å². The van der Waals surface area contributed by atoms with Crippen LogP contribution in [0.1, 0.15) is 50.1 Å². The van der Waals surface area contributed by atoms with Gasteiger partial charge in [0.15, 0.2) is 0 Å². The molecule has 1 heteroatoms. The summed E-state index contributed by atoms with van der Waals surface area (Å²) in [5.41, 5.74) is 7.50. The molecule has 0 bridgehead atoms. The zero-order valence-electron chi connectivity index (χ0n) is 15.1. The number of aromatic nitrogens is 1. The Bertz CT molecular complexity index is 713. The van der Waals surface area contributed by atoms with E-state index in [4.69, 9.17) is 0 Å². The number of hydrogen-bond acceptors (Lipinski definition) is 0. The summed E-state index contributed by atoms with van der Waals surface area (Å²) in [6.45, 7) is 11.4. The van der Waals surface area contributed by atoms with Gasteiger partial charge in [-0.15, -0.1) is 0 Å². The smallest absolute Gasteiger partial charge is 0.0186 e. The molecule has 1 aliphatic carbocycles. The normalized spacial score (nSPS) is 22.0. The molecule has 2 atom stereocenters. The van der Waals surface area contributed by atoms with Crippen molar-refractivity contribution in [1.29, 1.82) is 0 Å². The first-order chi connectivity index (χ1) is 10.9. The Hall–Kier alpha value is -1.76. The van der Waals surface area contributed by atoms with E-state index in [1.54, 1.807) is 0 Å². The standard InChI is InChI=1S/C22H29N/c1-15(2)11-19-20(22(19,4)5)14-21-18(9-10-23-21)13-17-8-6-7-16(3)12-17/h6-12,19-20,23H,13-14H2,1-5H3. The average Bonchev–Trinajstić information content (AvgIpc) is 2.81. The fourth-order valence-corrected chi connectivity index (χ4v) is 3.92. The number of H-pyrrole nitrogens is 1. The summed E-state index contributed by atoms with van der Waals surface area (Å²) in [5, 5.41) is 0. The third-order valence-electron chi connectivity index (χ3n) is 5.48. The van der Waals surface area contributed by atoms with E-state index >= 15 is 0 Å². The van der Waals surface area contributed by atoms with Gasteiger partial charge in [0.2, 0.25) is 0 Å². The van der Waals surface area contributed by atoms with Crippen LogP contribution in [-0.4, -0.2) is 4.98 Å². The maximum Gasteiger partial charge on any atom is 0.0186 e. The molecule has 0 spiro atoms. The summed E-state index contributed by atoms with van der Waals surface area (Å²) in [6, 6.07) is 11.1. The summed E-state index contributed by atoms with van der Waals surface area (Å²) in [4.78, 5) is 3.50. The van der Waals surface area contributed by atoms with Gasteiger partial charge in [-0.05, 0) is 68.1 Å². The van der Waals surface area contributed by atoms with Crippen LogP contribution < -0.4 is 0 Å². The SMILES string of the molecule is CC(C)=CC1C(Cc2[nH]ccc2Cc2cccc(C)c2)C1(C)C. The van der Waals surface area contributed by atoms with Crippen LogP contribution in [0.3, 0.4) is 0 Å². The summed E-state index contributed by atoms with van der Waals surface area (Å²) in [7, 11) is 0. The number of benzene rings is 1. The summed E-state index contributed by atoms with van der Waals surface area (Å²) in [5.74, 6) is 1.48. The Kier molecular flexibility index (Phi) is 4.23. The number of nitrogens with one attached hydrogen (secondary N) is 1. The van der Waals surface area contributed by atoms with Crippen LogP contribution in [-0.2, 0) is 12.8 Å². The van der Waals surface area contributed by atoms with E-state index in [-0.39, 0.29) is 0 Å². The molecule has 23 heavy (non-hydrogen) atoms. The molecular formula is C22H29N. The van der Waals surface area contributed by atoms with Crippen LogP contribution in [0.15, 0.2) is 48.2 Å². The summed E-state index contributed by atoms with van der Waals surface area (Å²) < 4.78 is 0. The Morgan fingerprint density at radius 2 is 2.00 bits per heavy atom. The zero-order valence-corrected chi connectivity index (χ0v) is 15.1. The van der Waals surface area contributed by atoms with Gasteiger partial charge in [0.1, 0.15) is 0 Å². The van der Waals surface area contributed by atoms with Crippen molar-refractivity contribution in [1.82, 2.24) is 4.98 Å². The molecule has 1 heterocycles. The lowest BCUT2D eigenvalue weighted by Crippen LogP contribution is -1.99. The highest BCUT2D eigenvalue weighted by Gasteiger charge is 2.55. The third kappa shape index (κ3) is 3.44. The minimum absolute atomic E-state index is 0.434. The lowest BCUT2D eigenvalue weighted by atomic mass is 9.99. The van der Waals surface area contributed by atoms with Gasteiger partial charge in [0.05, 0.1) is 0 Å². The molecule has 1 fully saturated rings. The Labute approximate surface area is 140 Å². The van der Waals surface area contributed by atoms with Gasteiger partial charge < -0.3 is 4.98 Å². The fourth-order valence-electron chi connectivity index (χ4n) is 3.92. The highest BCUT2D eigenvalue weighted by molar-refractivity contribution is 5.33. The molecule has 1 aromatic heterocycles. The number of aryl methyl sites for hydroxylation is 1. The first kappa shape index (κ1) is 16.1. The van der Waals surface area contributed by atoms with E-state index in [0.717, 1.165) is 24.7 Å². The first-order valence-corrected chi connectivity index (χ1v) is 8.73. The third-order valence-corrected chi connectivity index (χ3v) is 5.48. The van der Waals surface area contributed by atoms with E-state index < -0.39 is 0 Å². The summed E-state index contributed by atoms with van der Waals surface area (Å²) in [6.07, 6.45) is 6.76. The molecular weight excluding hydrogens is 278 g/mol. The maximum absolute atomic E-state index is 3.50. The number of hydrogen-bond donors (Lipinski definition) is 1. The van der Waals surface area contributed by atoms with Crippen LogP contribution in [0.5, 0.6) is 0 Å². The molecule has 0 saturated heterocycles. The van der Waals surface area contributed by atoms with E-state index in [1.807, 2.05) is 0 Å². The topological polar surface area (TPSA) is 15.8 Å². The van der Waals surface area contributed by atoms with Gasteiger partial charge in [-0.25, -0.2) is 0 Å². The van der Waals surface area contributed by atoms with Crippen molar-refractivity contribution in [3.8, 4) is 0 Å². The predicted molar refractivity (Wildman–Crippen MR) is 98.7 cm³/mol. The van der Waals surface area contributed by atoms with Gasteiger partial charge in [0.25, 0.3) is 0 Å². The minimum atomic E-state index is 0.434. The van der Waals surface area contributed by atoms with Crippen LogP contribution >= 0.6 is 0 Å². The molecule has 0 radical (unpaired) electrons. The molecule has 1 aliphatic rings.